The predicted molar refractivity (Wildman–Crippen MR) is 90.3 cm³/mol. The molecule has 0 fully saturated rings. The van der Waals surface area contributed by atoms with E-state index in [9.17, 15) is 0 Å². The van der Waals surface area contributed by atoms with Crippen LogP contribution < -0.4 is 0 Å². The Bertz CT molecular complexity index is 244. The molecule has 0 spiro atoms. The molecule has 0 aliphatic carbocycles. The monoisotopic (exact) mass is 250 g/mol. The number of benzene rings is 1. The predicted octanol–water partition coefficient (Wildman–Crippen LogP) is 6.69. The first-order valence-corrected chi connectivity index (χ1v) is 6.11. The van der Waals surface area contributed by atoms with Gasteiger partial charge in [-0.15, -0.1) is 6.58 Å². The molecule has 1 rings (SSSR count). The normalized spacial score (nSPS) is 7.56. The summed E-state index contributed by atoms with van der Waals surface area (Å²) in [5, 5.41) is 0. The van der Waals surface area contributed by atoms with Crippen molar-refractivity contribution in [3.8, 4) is 0 Å². The average Bonchev–Trinajstić information content (AvgIpc) is 2.35. The molecule has 0 heteroatoms. The van der Waals surface area contributed by atoms with Crippen molar-refractivity contribution in [2.24, 2.45) is 0 Å². The summed E-state index contributed by atoms with van der Waals surface area (Å²) in [5.74, 6) is 0. The second-order valence-electron chi connectivity index (χ2n) is 2.96. The van der Waals surface area contributed by atoms with Crippen molar-refractivity contribution in [1.29, 1.82) is 0 Å². The van der Waals surface area contributed by atoms with Crippen molar-refractivity contribution in [3.63, 3.8) is 0 Å². The van der Waals surface area contributed by atoms with Crippen LogP contribution in [0.5, 0.6) is 0 Å². The summed E-state index contributed by atoms with van der Waals surface area (Å²) in [5.41, 5.74) is 1.33. The number of hydrogen-bond acceptors (Lipinski definition) is 0. The minimum absolute atomic E-state index is 0. The smallest absolute Gasteiger partial charge is 0.0100 e. The van der Waals surface area contributed by atoms with E-state index in [1.165, 1.54) is 5.56 Å². The van der Waals surface area contributed by atoms with Gasteiger partial charge in [0.1, 0.15) is 0 Å². The van der Waals surface area contributed by atoms with Gasteiger partial charge in [-0.1, -0.05) is 84.2 Å². The Morgan fingerprint density at radius 3 is 1.83 bits per heavy atom. The first-order valence-electron chi connectivity index (χ1n) is 6.11. The Balaban J connectivity index is -0.0000000959. The first-order chi connectivity index (χ1) is 7.85. The second-order valence-corrected chi connectivity index (χ2v) is 2.96. The molecule has 0 aliphatic heterocycles. The third-order valence-electron chi connectivity index (χ3n) is 1.69. The largest absolute Gasteiger partial charge is 0.103 e. The molecule has 0 amide bonds. The Kier molecular flexibility index (Phi) is 35.1. The minimum Gasteiger partial charge on any atom is -0.103 e. The van der Waals surface area contributed by atoms with Gasteiger partial charge in [0, 0.05) is 0 Å². The molecular weight excluding hydrogens is 216 g/mol. The number of hydrogen-bond donors (Lipinski definition) is 0. The summed E-state index contributed by atoms with van der Waals surface area (Å²) in [6.45, 7) is 11.8. The molecule has 0 atom stereocenters. The van der Waals surface area contributed by atoms with Gasteiger partial charge >= 0.3 is 0 Å². The zero-order chi connectivity index (χ0) is 12.6. The third kappa shape index (κ3) is 20.2. The first kappa shape index (κ1) is 25.5. The van der Waals surface area contributed by atoms with E-state index in [4.69, 9.17) is 0 Å². The molecule has 1 aromatic carbocycles. The van der Waals surface area contributed by atoms with E-state index in [1.54, 1.807) is 0 Å². The molecule has 0 nitrogen and oxygen atoms in total. The highest BCUT2D eigenvalue weighted by molar-refractivity contribution is 5.16. The fourth-order valence-corrected chi connectivity index (χ4v) is 1.02. The van der Waals surface area contributed by atoms with Gasteiger partial charge in [0.15, 0.2) is 0 Å². The Labute approximate surface area is 116 Å². The van der Waals surface area contributed by atoms with E-state index in [0.717, 1.165) is 12.8 Å². The molecule has 0 N–H and O–H groups in total. The topological polar surface area (TPSA) is 0 Å². The third-order valence-corrected chi connectivity index (χ3v) is 1.69. The maximum atomic E-state index is 3.66. The van der Waals surface area contributed by atoms with Gasteiger partial charge in [0.25, 0.3) is 0 Å². The average molecular weight is 250 g/mol. The molecule has 0 saturated carbocycles. The molecule has 0 saturated heterocycles. The maximum Gasteiger partial charge on any atom is -0.0100 e. The summed E-state index contributed by atoms with van der Waals surface area (Å²) in [6, 6.07) is 10.3. The van der Waals surface area contributed by atoms with Crippen LogP contribution in [0.1, 0.15) is 54.5 Å². The molecule has 0 bridgehead atoms. The second kappa shape index (κ2) is 24.8. The van der Waals surface area contributed by atoms with Crippen LogP contribution in [-0.4, -0.2) is 0 Å². The Hall–Kier alpha value is -1.30. The molecule has 1 aromatic rings. The number of allylic oxidation sites excluding steroid dienone is 3. The van der Waals surface area contributed by atoms with Crippen molar-refractivity contribution in [1.82, 2.24) is 0 Å². The Morgan fingerprint density at radius 2 is 1.56 bits per heavy atom. The lowest BCUT2D eigenvalue weighted by atomic mass is 10.2. The summed E-state index contributed by atoms with van der Waals surface area (Å²) >= 11 is 0. The van der Waals surface area contributed by atoms with E-state index in [0.29, 0.717) is 0 Å². The molecule has 18 heavy (non-hydrogen) atoms. The van der Waals surface area contributed by atoms with Crippen LogP contribution in [-0.2, 0) is 6.42 Å². The lowest BCUT2D eigenvalue weighted by Crippen LogP contribution is -1.75. The van der Waals surface area contributed by atoms with Gasteiger partial charge in [-0.25, -0.2) is 0 Å². The van der Waals surface area contributed by atoms with Crippen molar-refractivity contribution < 1.29 is 0 Å². The van der Waals surface area contributed by atoms with Crippen LogP contribution in [0.3, 0.4) is 0 Å². The summed E-state index contributed by atoms with van der Waals surface area (Å²) in [4.78, 5) is 0. The van der Waals surface area contributed by atoms with E-state index >= 15 is 0 Å². The quantitative estimate of drug-likeness (QED) is 0.524. The standard InChI is InChI=1S/C9H10.C5H10.C2H6.2CH4/c1-2-6-9-7-4-3-5-8-9;1-3-5-4-2;1-2;;/h2-5,7-8H,1,6H2;3,5H,4H2,1-2H3;1-2H3;2*1H4/b;5-3-;;;. The van der Waals surface area contributed by atoms with Crippen molar-refractivity contribution in [2.45, 2.75) is 55.4 Å². The van der Waals surface area contributed by atoms with Crippen LogP contribution in [0.25, 0.3) is 0 Å². The molecular formula is C18H34. The molecule has 0 heterocycles. The summed E-state index contributed by atoms with van der Waals surface area (Å²) in [7, 11) is 0. The molecule has 0 aliphatic rings. The summed E-state index contributed by atoms with van der Waals surface area (Å²) < 4.78 is 0. The highest BCUT2D eigenvalue weighted by atomic mass is 13.9. The van der Waals surface area contributed by atoms with Gasteiger partial charge in [-0.05, 0) is 25.3 Å². The fraction of sp³-hybridized carbons (Fsp3) is 0.444. The van der Waals surface area contributed by atoms with Crippen LogP contribution >= 0.6 is 0 Å². The van der Waals surface area contributed by atoms with Crippen LogP contribution in [0.2, 0.25) is 0 Å². The molecule has 106 valence electrons. The molecule has 0 unspecified atom stereocenters. The zero-order valence-electron chi connectivity index (χ0n) is 11.2. The number of rotatable bonds is 3. The highest BCUT2D eigenvalue weighted by Crippen LogP contribution is 1.98. The van der Waals surface area contributed by atoms with Gasteiger partial charge < -0.3 is 0 Å². The van der Waals surface area contributed by atoms with Gasteiger partial charge in [-0.2, -0.15) is 0 Å². The van der Waals surface area contributed by atoms with E-state index in [2.05, 4.69) is 37.8 Å². The van der Waals surface area contributed by atoms with E-state index < -0.39 is 0 Å². The van der Waals surface area contributed by atoms with Crippen molar-refractivity contribution in [3.05, 3.63) is 60.7 Å². The summed E-state index contributed by atoms with van der Waals surface area (Å²) in [6.07, 6.45) is 8.23. The van der Waals surface area contributed by atoms with Crippen LogP contribution in [0.15, 0.2) is 55.1 Å². The highest BCUT2D eigenvalue weighted by Gasteiger charge is 1.82. The minimum atomic E-state index is 0. The van der Waals surface area contributed by atoms with E-state index in [-0.39, 0.29) is 14.9 Å². The molecule has 0 aromatic heterocycles. The lowest BCUT2D eigenvalue weighted by molar-refractivity contribution is 1.22. The zero-order valence-corrected chi connectivity index (χ0v) is 11.2. The van der Waals surface area contributed by atoms with Crippen molar-refractivity contribution >= 4 is 0 Å². The Morgan fingerprint density at radius 1 is 1.06 bits per heavy atom. The van der Waals surface area contributed by atoms with Crippen LogP contribution in [0.4, 0.5) is 0 Å². The SMILES string of the molecule is C.C.C/C=C\CC.C=CCc1ccccc1.CC. The maximum absolute atomic E-state index is 3.66. The van der Waals surface area contributed by atoms with Crippen LogP contribution in [0, 0.1) is 0 Å². The molecule has 0 radical (unpaired) electrons. The van der Waals surface area contributed by atoms with Gasteiger partial charge in [-0.3, -0.25) is 0 Å². The van der Waals surface area contributed by atoms with E-state index in [1.807, 2.05) is 45.0 Å². The fourth-order valence-electron chi connectivity index (χ4n) is 1.02. The van der Waals surface area contributed by atoms with Gasteiger partial charge in [0.2, 0.25) is 0 Å². The van der Waals surface area contributed by atoms with Crippen molar-refractivity contribution in [2.75, 3.05) is 0 Å². The van der Waals surface area contributed by atoms with Gasteiger partial charge in [0.05, 0.1) is 0 Å². The lowest BCUT2D eigenvalue weighted by Gasteiger charge is -1.91.